The van der Waals surface area contributed by atoms with E-state index in [1.807, 2.05) is 0 Å². The standard InChI is InChI=1S/C8H5F3N4O2/c9-8(10,11)4-2-1-3(5(16)13-4)6-14-15-7(12)17-6/h1-2H,(H2,12,15)(H,13,16). The molecule has 2 aromatic rings. The van der Waals surface area contributed by atoms with Crippen molar-refractivity contribution in [3.8, 4) is 11.5 Å². The molecule has 6 nitrogen and oxygen atoms in total. The van der Waals surface area contributed by atoms with Crippen LogP contribution in [0.5, 0.6) is 0 Å². The van der Waals surface area contributed by atoms with Crippen molar-refractivity contribution in [2.45, 2.75) is 6.18 Å². The van der Waals surface area contributed by atoms with Crippen LogP contribution in [0.4, 0.5) is 19.2 Å². The molecule has 0 atom stereocenters. The van der Waals surface area contributed by atoms with Crippen molar-refractivity contribution in [1.82, 2.24) is 15.2 Å². The summed E-state index contributed by atoms with van der Waals surface area (Å²) in [5.41, 5.74) is 2.82. The lowest BCUT2D eigenvalue weighted by molar-refractivity contribution is -0.141. The van der Waals surface area contributed by atoms with Crippen LogP contribution in [-0.2, 0) is 6.18 Å². The zero-order valence-electron chi connectivity index (χ0n) is 8.08. The summed E-state index contributed by atoms with van der Waals surface area (Å²) in [7, 11) is 0. The van der Waals surface area contributed by atoms with E-state index in [1.165, 1.54) is 0 Å². The summed E-state index contributed by atoms with van der Waals surface area (Å²) in [6.07, 6.45) is -4.62. The maximum Gasteiger partial charge on any atom is 0.431 e. The second-order valence-corrected chi connectivity index (χ2v) is 3.06. The molecule has 0 unspecified atom stereocenters. The molecule has 17 heavy (non-hydrogen) atoms. The Morgan fingerprint density at radius 3 is 2.47 bits per heavy atom. The van der Waals surface area contributed by atoms with Crippen LogP contribution in [0.25, 0.3) is 11.5 Å². The molecule has 0 fully saturated rings. The van der Waals surface area contributed by atoms with E-state index in [-0.39, 0.29) is 17.5 Å². The van der Waals surface area contributed by atoms with Gasteiger partial charge in [-0.1, -0.05) is 5.10 Å². The molecule has 0 radical (unpaired) electrons. The Balaban J connectivity index is 2.50. The molecule has 0 saturated carbocycles. The van der Waals surface area contributed by atoms with Gasteiger partial charge in [-0.2, -0.15) is 13.2 Å². The SMILES string of the molecule is Nc1nnc(-c2ccc(C(F)(F)F)[nH]c2=O)o1. The number of nitrogens with one attached hydrogen (secondary N) is 1. The molecule has 2 aromatic heterocycles. The number of rotatable bonds is 1. The van der Waals surface area contributed by atoms with Gasteiger partial charge in [-0.3, -0.25) is 4.79 Å². The minimum atomic E-state index is -4.62. The number of hydrogen-bond acceptors (Lipinski definition) is 5. The number of nitrogen functional groups attached to an aromatic ring is 1. The van der Waals surface area contributed by atoms with Gasteiger partial charge in [0.05, 0.1) is 0 Å². The van der Waals surface area contributed by atoms with Crippen LogP contribution in [0, 0.1) is 0 Å². The molecule has 0 saturated heterocycles. The Kier molecular flexibility index (Phi) is 2.37. The predicted octanol–water partition coefficient (Wildman–Crippen LogP) is 1.03. The van der Waals surface area contributed by atoms with E-state index in [2.05, 4.69) is 10.2 Å². The molecule has 2 heterocycles. The summed E-state index contributed by atoms with van der Waals surface area (Å²) in [6.45, 7) is 0. The smallest absolute Gasteiger partial charge is 0.403 e. The van der Waals surface area contributed by atoms with Gasteiger partial charge in [-0.05, 0) is 12.1 Å². The van der Waals surface area contributed by atoms with Crippen molar-refractivity contribution in [3.05, 3.63) is 28.2 Å². The van der Waals surface area contributed by atoms with Gasteiger partial charge in [0, 0.05) is 0 Å². The van der Waals surface area contributed by atoms with Crippen LogP contribution in [-0.4, -0.2) is 15.2 Å². The maximum absolute atomic E-state index is 12.3. The van der Waals surface area contributed by atoms with Crippen LogP contribution < -0.4 is 11.3 Å². The fourth-order valence-corrected chi connectivity index (χ4v) is 1.15. The van der Waals surface area contributed by atoms with Gasteiger partial charge in [0.1, 0.15) is 11.3 Å². The second-order valence-electron chi connectivity index (χ2n) is 3.06. The highest BCUT2D eigenvalue weighted by atomic mass is 19.4. The third-order valence-corrected chi connectivity index (χ3v) is 1.89. The average Bonchev–Trinajstić information content (AvgIpc) is 2.63. The number of halogens is 3. The fourth-order valence-electron chi connectivity index (χ4n) is 1.15. The fraction of sp³-hybridized carbons (Fsp3) is 0.125. The van der Waals surface area contributed by atoms with Gasteiger partial charge >= 0.3 is 12.2 Å². The summed E-state index contributed by atoms with van der Waals surface area (Å²) in [5, 5.41) is 6.69. The van der Waals surface area contributed by atoms with Gasteiger partial charge < -0.3 is 15.1 Å². The highest BCUT2D eigenvalue weighted by Crippen LogP contribution is 2.27. The van der Waals surface area contributed by atoms with Gasteiger partial charge in [-0.25, -0.2) is 0 Å². The summed E-state index contributed by atoms with van der Waals surface area (Å²) in [4.78, 5) is 13.0. The molecule has 0 aliphatic rings. The van der Waals surface area contributed by atoms with E-state index < -0.39 is 17.4 Å². The van der Waals surface area contributed by atoms with Gasteiger partial charge in [0.15, 0.2) is 0 Å². The van der Waals surface area contributed by atoms with E-state index >= 15 is 0 Å². The largest absolute Gasteiger partial charge is 0.431 e. The van der Waals surface area contributed by atoms with Crippen LogP contribution >= 0.6 is 0 Å². The van der Waals surface area contributed by atoms with Gasteiger partial charge in [0.25, 0.3) is 11.4 Å². The Hall–Kier alpha value is -2.32. The van der Waals surface area contributed by atoms with Crippen molar-refractivity contribution in [1.29, 1.82) is 0 Å². The molecule has 3 N–H and O–H groups in total. The minimum absolute atomic E-state index is 0.179. The minimum Gasteiger partial charge on any atom is -0.403 e. The third kappa shape index (κ3) is 2.12. The lowest BCUT2D eigenvalue weighted by Gasteiger charge is -2.05. The molecular formula is C8H5F3N4O2. The number of aromatic amines is 1. The molecule has 9 heteroatoms. The Morgan fingerprint density at radius 1 is 1.29 bits per heavy atom. The van der Waals surface area contributed by atoms with E-state index in [0.29, 0.717) is 6.07 Å². The number of pyridine rings is 1. The van der Waals surface area contributed by atoms with Gasteiger partial charge in [0.2, 0.25) is 0 Å². The molecule has 90 valence electrons. The average molecular weight is 246 g/mol. The lowest BCUT2D eigenvalue weighted by atomic mass is 10.2. The quantitative estimate of drug-likeness (QED) is 0.782. The zero-order chi connectivity index (χ0) is 12.6. The van der Waals surface area contributed by atoms with Crippen LogP contribution in [0.3, 0.4) is 0 Å². The lowest BCUT2D eigenvalue weighted by Crippen LogP contribution is -2.17. The van der Waals surface area contributed by atoms with Crippen molar-refractivity contribution >= 4 is 6.01 Å². The molecule has 0 aliphatic carbocycles. The summed E-state index contributed by atoms with van der Waals surface area (Å²) in [5.74, 6) is -0.238. The molecule has 0 aliphatic heterocycles. The van der Waals surface area contributed by atoms with Crippen molar-refractivity contribution in [3.63, 3.8) is 0 Å². The summed E-state index contributed by atoms with van der Waals surface area (Å²) < 4.78 is 41.5. The van der Waals surface area contributed by atoms with E-state index in [4.69, 9.17) is 10.2 Å². The Labute approximate surface area is 91.3 Å². The van der Waals surface area contributed by atoms with Crippen molar-refractivity contribution < 1.29 is 17.6 Å². The van der Waals surface area contributed by atoms with Crippen molar-refractivity contribution in [2.75, 3.05) is 5.73 Å². The first-order chi connectivity index (χ1) is 7.88. The van der Waals surface area contributed by atoms with Gasteiger partial charge in [-0.15, -0.1) is 5.10 Å². The van der Waals surface area contributed by atoms with Crippen LogP contribution in [0.2, 0.25) is 0 Å². The van der Waals surface area contributed by atoms with Crippen LogP contribution in [0.1, 0.15) is 5.69 Å². The van der Waals surface area contributed by atoms with E-state index in [1.54, 1.807) is 4.98 Å². The molecule has 0 spiro atoms. The molecule has 0 aromatic carbocycles. The topological polar surface area (TPSA) is 97.8 Å². The van der Waals surface area contributed by atoms with Crippen LogP contribution in [0.15, 0.2) is 21.3 Å². The monoisotopic (exact) mass is 246 g/mol. The highest BCUT2D eigenvalue weighted by Gasteiger charge is 2.32. The molecule has 0 amide bonds. The second kappa shape index (κ2) is 3.61. The first kappa shape index (κ1) is 11.2. The first-order valence-electron chi connectivity index (χ1n) is 4.28. The van der Waals surface area contributed by atoms with Crippen molar-refractivity contribution in [2.24, 2.45) is 0 Å². The summed E-state index contributed by atoms with van der Waals surface area (Å²) in [6, 6.07) is 1.37. The number of nitrogens with two attached hydrogens (primary N) is 1. The zero-order valence-corrected chi connectivity index (χ0v) is 8.08. The molecule has 2 rings (SSSR count). The number of H-pyrrole nitrogens is 1. The first-order valence-corrected chi connectivity index (χ1v) is 4.28. The number of anilines is 1. The third-order valence-electron chi connectivity index (χ3n) is 1.89. The number of alkyl halides is 3. The maximum atomic E-state index is 12.3. The Bertz CT molecular complexity index is 601. The number of aromatic nitrogens is 3. The Morgan fingerprint density at radius 2 is 2.00 bits per heavy atom. The molecular weight excluding hydrogens is 241 g/mol. The normalized spacial score (nSPS) is 11.7. The molecule has 0 bridgehead atoms. The van der Waals surface area contributed by atoms with E-state index in [0.717, 1.165) is 6.07 Å². The highest BCUT2D eigenvalue weighted by molar-refractivity contribution is 5.51. The summed E-state index contributed by atoms with van der Waals surface area (Å²) >= 11 is 0. The van der Waals surface area contributed by atoms with E-state index in [9.17, 15) is 18.0 Å². The number of nitrogens with zero attached hydrogens (tertiary/aromatic N) is 2. The predicted molar refractivity (Wildman–Crippen MR) is 49.8 cm³/mol. The number of hydrogen-bond donors (Lipinski definition) is 2.